The van der Waals surface area contributed by atoms with E-state index in [1.807, 2.05) is 0 Å². The van der Waals surface area contributed by atoms with E-state index in [0.717, 1.165) is 31.7 Å². The first-order chi connectivity index (χ1) is 7.66. The molecule has 96 valence electrons. The fraction of sp³-hybridized carbons (Fsp3) is 0.500. The molecule has 0 bridgehead atoms. The number of halogens is 3. The van der Waals surface area contributed by atoms with Crippen molar-refractivity contribution in [2.75, 3.05) is 19.6 Å². The van der Waals surface area contributed by atoms with Crippen molar-refractivity contribution < 1.29 is 4.39 Å². The van der Waals surface area contributed by atoms with Crippen molar-refractivity contribution in [3.8, 4) is 0 Å². The van der Waals surface area contributed by atoms with Gasteiger partial charge in [0.25, 0.3) is 0 Å². The third kappa shape index (κ3) is 3.81. The van der Waals surface area contributed by atoms with E-state index in [2.05, 4.69) is 17.1 Å². The zero-order valence-corrected chi connectivity index (χ0v) is 11.3. The third-order valence-electron chi connectivity index (χ3n) is 3.01. The molecular weight excluding hydrogens is 262 g/mol. The fourth-order valence-corrected chi connectivity index (χ4v) is 2.19. The first-order valence-corrected chi connectivity index (χ1v) is 5.93. The number of benzene rings is 1. The molecule has 1 aromatic rings. The predicted octanol–water partition coefficient (Wildman–Crippen LogP) is 2.69. The number of nitrogens with one attached hydrogen (secondary N) is 1. The van der Waals surface area contributed by atoms with Gasteiger partial charge in [-0.05, 0) is 24.6 Å². The molecule has 1 aromatic carbocycles. The predicted molar refractivity (Wildman–Crippen MR) is 71.4 cm³/mol. The first kappa shape index (κ1) is 14.7. The van der Waals surface area contributed by atoms with E-state index < -0.39 is 0 Å². The van der Waals surface area contributed by atoms with Crippen molar-refractivity contribution in [3.63, 3.8) is 0 Å². The summed E-state index contributed by atoms with van der Waals surface area (Å²) in [6, 6.07) is 5.46. The molecule has 1 atom stereocenters. The van der Waals surface area contributed by atoms with Gasteiger partial charge in [-0.2, -0.15) is 0 Å². The van der Waals surface area contributed by atoms with Crippen molar-refractivity contribution in [2.24, 2.45) is 0 Å². The Morgan fingerprint density at radius 3 is 2.94 bits per heavy atom. The minimum Gasteiger partial charge on any atom is -0.314 e. The van der Waals surface area contributed by atoms with Crippen LogP contribution in [0.3, 0.4) is 0 Å². The largest absolute Gasteiger partial charge is 0.314 e. The highest BCUT2D eigenvalue weighted by Crippen LogP contribution is 2.18. The molecule has 0 saturated carbocycles. The van der Waals surface area contributed by atoms with Crippen molar-refractivity contribution in [1.82, 2.24) is 10.2 Å². The zero-order chi connectivity index (χ0) is 11.5. The lowest BCUT2D eigenvalue weighted by atomic mass is 10.1. The number of hydrogen-bond donors (Lipinski definition) is 1. The molecule has 0 unspecified atom stereocenters. The molecule has 1 N–H and O–H groups in total. The molecule has 2 nitrogen and oxygen atoms in total. The molecule has 0 aliphatic carbocycles. The normalized spacial score (nSPS) is 21.0. The molecule has 17 heavy (non-hydrogen) atoms. The van der Waals surface area contributed by atoms with Crippen LogP contribution in [0.4, 0.5) is 4.39 Å². The van der Waals surface area contributed by atoms with Crippen LogP contribution in [-0.2, 0) is 6.54 Å². The molecule has 0 aromatic heterocycles. The van der Waals surface area contributed by atoms with Crippen LogP contribution >= 0.6 is 24.0 Å². The van der Waals surface area contributed by atoms with E-state index in [0.29, 0.717) is 6.04 Å². The molecule has 0 spiro atoms. The van der Waals surface area contributed by atoms with Crippen molar-refractivity contribution in [2.45, 2.75) is 19.5 Å². The van der Waals surface area contributed by atoms with E-state index in [1.54, 1.807) is 12.1 Å². The number of hydrogen-bond acceptors (Lipinski definition) is 2. The lowest BCUT2D eigenvalue weighted by molar-refractivity contribution is 0.165. The standard InChI is InChI=1S/C12H16ClFN2.ClH/c1-9-7-15-4-5-16(9)8-10-2-3-12(14)11(13)6-10;/h2-3,6,9,15H,4-5,7-8H2,1H3;1H/t9-;/m0./s1. The molecule has 5 heteroatoms. The summed E-state index contributed by atoms with van der Waals surface area (Å²) in [5.74, 6) is -0.348. The van der Waals surface area contributed by atoms with E-state index >= 15 is 0 Å². The molecule has 0 amide bonds. The zero-order valence-electron chi connectivity index (χ0n) is 9.75. The maximum absolute atomic E-state index is 13.0. The Hall–Kier alpha value is -0.350. The van der Waals surface area contributed by atoms with E-state index in [9.17, 15) is 4.39 Å². The Morgan fingerprint density at radius 1 is 1.53 bits per heavy atom. The minimum atomic E-state index is -0.348. The van der Waals surface area contributed by atoms with E-state index in [-0.39, 0.29) is 23.2 Å². The van der Waals surface area contributed by atoms with Gasteiger partial charge in [-0.25, -0.2) is 4.39 Å². The Kier molecular flexibility index (Phi) is 5.67. The smallest absolute Gasteiger partial charge is 0.141 e. The molecule has 1 aliphatic rings. The van der Waals surface area contributed by atoms with Gasteiger partial charge in [0.1, 0.15) is 5.82 Å². The van der Waals surface area contributed by atoms with Gasteiger partial charge in [0, 0.05) is 32.2 Å². The molecule has 2 rings (SSSR count). The quantitative estimate of drug-likeness (QED) is 0.895. The molecule has 1 saturated heterocycles. The Labute approximate surface area is 113 Å². The minimum absolute atomic E-state index is 0. The highest BCUT2D eigenvalue weighted by Gasteiger charge is 2.17. The highest BCUT2D eigenvalue weighted by atomic mass is 35.5. The monoisotopic (exact) mass is 278 g/mol. The second kappa shape index (κ2) is 6.55. The third-order valence-corrected chi connectivity index (χ3v) is 3.30. The average molecular weight is 279 g/mol. The van der Waals surface area contributed by atoms with Gasteiger partial charge >= 0.3 is 0 Å². The van der Waals surface area contributed by atoms with Gasteiger partial charge in [0.05, 0.1) is 5.02 Å². The summed E-state index contributed by atoms with van der Waals surface area (Å²) in [5, 5.41) is 3.55. The second-order valence-corrected chi connectivity index (χ2v) is 4.68. The van der Waals surface area contributed by atoms with Crippen LogP contribution in [0, 0.1) is 5.82 Å². The van der Waals surface area contributed by atoms with Crippen LogP contribution in [0.15, 0.2) is 18.2 Å². The summed E-state index contributed by atoms with van der Waals surface area (Å²) in [6.45, 7) is 6.07. The van der Waals surface area contributed by atoms with Gasteiger partial charge in [-0.3, -0.25) is 4.90 Å². The number of rotatable bonds is 2. The van der Waals surface area contributed by atoms with Gasteiger partial charge in [-0.15, -0.1) is 12.4 Å². The molecule has 0 radical (unpaired) electrons. The fourth-order valence-electron chi connectivity index (χ4n) is 1.99. The van der Waals surface area contributed by atoms with Crippen LogP contribution in [0.25, 0.3) is 0 Å². The summed E-state index contributed by atoms with van der Waals surface area (Å²) < 4.78 is 13.0. The summed E-state index contributed by atoms with van der Waals surface area (Å²) in [7, 11) is 0. The maximum atomic E-state index is 13.0. The first-order valence-electron chi connectivity index (χ1n) is 5.55. The van der Waals surface area contributed by atoms with Crippen LogP contribution in [-0.4, -0.2) is 30.6 Å². The molecular formula is C12H17Cl2FN2. The topological polar surface area (TPSA) is 15.3 Å². The maximum Gasteiger partial charge on any atom is 0.141 e. The van der Waals surface area contributed by atoms with Gasteiger partial charge < -0.3 is 5.32 Å². The van der Waals surface area contributed by atoms with Crippen LogP contribution in [0.1, 0.15) is 12.5 Å². The van der Waals surface area contributed by atoms with Crippen LogP contribution in [0.2, 0.25) is 5.02 Å². The summed E-state index contributed by atoms with van der Waals surface area (Å²) >= 11 is 5.76. The van der Waals surface area contributed by atoms with Crippen molar-refractivity contribution in [1.29, 1.82) is 0 Å². The summed E-state index contributed by atoms with van der Waals surface area (Å²) in [6.07, 6.45) is 0. The van der Waals surface area contributed by atoms with Gasteiger partial charge in [0.2, 0.25) is 0 Å². The highest BCUT2D eigenvalue weighted by molar-refractivity contribution is 6.30. The molecule has 1 heterocycles. The average Bonchev–Trinajstić information content (AvgIpc) is 2.27. The lowest BCUT2D eigenvalue weighted by Crippen LogP contribution is -2.49. The Bertz CT molecular complexity index is 374. The van der Waals surface area contributed by atoms with Crippen molar-refractivity contribution in [3.05, 3.63) is 34.6 Å². The number of piperazine rings is 1. The second-order valence-electron chi connectivity index (χ2n) is 4.27. The molecule has 1 aliphatic heterocycles. The van der Waals surface area contributed by atoms with Crippen molar-refractivity contribution >= 4 is 24.0 Å². The van der Waals surface area contributed by atoms with Gasteiger partial charge in [0.15, 0.2) is 0 Å². The Balaban J connectivity index is 0.00000144. The summed E-state index contributed by atoms with van der Waals surface area (Å²) in [4.78, 5) is 2.38. The van der Waals surface area contributed by atoms with E-state index in [4.69, 9.17) is 11.6 Å². The summed E-state index contributed by atoms with van der Waals surface area (Å²) in [5.41, 5.74) is 1.07. The van der Waals surface area contributed by atoms with Crippen LogP contribution in [0.5, 0.6) is 0 Å². The SMILES string of the molecule is C[C@H]1CNCCN1Cc1ccc(F)c(Cl)c1.Cl. The van der Waals surface area contributed by atoms with E-state index in [1.165, 1.54) is 6.07 Å². The number of nitrogens with zero attached hydrogens (tertiary/aromatic N) is 1. The Morgan fingerprint density at radius 2 is 2.29 bits per heavy atom. The van der Waals surface area contributed by atoms with Crippen LogP contribution < -0.4 is 5.32 Å². The van der Waals surface area contributed by atoms with Gasteiger partial charge in [-0.1, -0.05) is 17.7 Å². The molecule has 1 fully saturated rings. The lowest BCUT2D eigenvalue weighted by Gasteiger charge is -2.33.